The van der Waals surface area contributed by atoms with Crippen LogP contribution in [-0.2, 0) is 0 Å². The molecule has 0 bridgehead atoms. The smallest absolute Gasteiger partial charge is 0.0333 e. The minimum absolute atomic E-state index is 0.139. The van der Waals surface area contributed by atoms with Crippen molar-refractivity contribution in [2.45, 2.75) is 19.9 Å². The second-order valence-electron chi connectivity index (χ2n) is 4.27. The Bertz CT molecular complexity index is 271. The predicted molar refractivity (Wildman–Crippen MR) is 65.7 cm³/mol. The fourth-order valence-corrected chi connectivity index (χ4v) is 1.74. The average Bonchev–Trinajstić information content (AvgIpc) is 2.29. The summed E-state index contributed by atoms with van der Waals surface area (Å²) in [5, 5.41) is 0. The van der Waals surface area contributed by atoms with Crippen LogP contribution in [0.5, 0.6) is 0 Å². The average molecular weight is 206 g/mol. The zero-order valence-corrected chi connectivity index (χ0v) is 9.98. The highest BCUT2D eigenvalue weighted by Gasteiger charge is 2.15. The van der Waals surface area contributed by atoms with Crippen molar-refractivity contribution in [2.24, 2.45) is 11.7 Å². The molecule has 0 saturated carbocycles. The van der Waals surface area contributed by atoms with Gasteiger partial charge >= 0.3 is 0 Å². The molecular formula is C13H22N2. The second-order valence-corrected chi connectivity index (χ2v) is 4.27. The molecule has 1 aromatic carbocycles. The monoisotopic (exact) mass is 206 g/mol. The first-order valence-corrected chi connectivity index (χ1v) is 5.64. The van der Waals surface area contributed by atoms with E-state index in [0.29, 0.717) is 5.92 Å². The Hall–Kier alpha value is -0.860. The van der Waals surface area contributed by atoms with Gasteiger partial charge in [0.05, 0.1) is 0 Å². The van der Waals surface area contributed by atoms with Crippen LogP contribution in [0.15, 0.2) is 30.3 Å². The maximum atomic E-state index is 6.21. The summed E-state index contributed by atoms with van der Waals surface area (Å²) in [5.41, 5.74) is 7.45. The fraction of sp³-hybridized carbons (Fsp3) is 0.538. The molecule has 2 N–H and O–H groups in total. The molecule has 0 spiro atoms. The lowest BCUT2D eigenvalue weighted by atomic mass is 9.95. The van der Waals surface area contributed by atoms with Crippen LogP contribution in [0.25, 0.3) is 0 Å². The quantitative estimate of drug-likeness (QED) is 0.801. The van der Waals surface area contributed by atoms with Gasteiger partial charge in [0.1, 0.15) is 0 Å². The van der Waals surface area contributed by atoms with E-state index in [1.165, 1.54) is 5.56 Å². The van der Waals surface area contributed by atoms with Crippen molar-refractivity contribution in [2.75, 3.05) is 20.1 Å². The van der Waals surface area contributed by atoms with Gasteiger partial charge in [-0.2, -0.15) is 0 Å². The highest BCUT2D eigenvalue weighted by molar-refractivity contribution is 5.19. The first-order chi connectivity index (χ1) is 7.15. The summed E-state index contributed by atoms with van der Waals surface area (Å²) in [6.45, 7) is 6.50. The molecule has 0 aliphatic carbocycles. The van der Waals surface area contributed by atoms with Gasteiger partial charge in [0.15, 0.2) is 0 Å². The molecule has 2 nitrogen and oxygen atoms in total. The molecule has 0 amide bonds. The normalized spacial score (nSPS) is 15.3. The Kier molecular flexibility index (Phi) is 4.79. The SMILES string of the molecule is CCN(C)CC(C)C(N)c1ccccc1. The van der Waals surface area contributed by atoms with Crippen LogP contribution >= 0.6 is 0 Å². The minimum Gasteiger partial charge on any atom is -0.324 e. The third-order valence-electron chi connectivity index (χ3n) is 2.94. The zero-order chi connectivity index (χ0) is 11.3. The molecule has 2 unspecified atom stereocenters. The molecule has 1 aromatic rings. The molecule has 1 rings (SSSR count). The van der Waals surface area contributed by atoms with E-state index in [-0.39, 0.29) is 6.04 Å². The van der Waals surface area contributed by atoms with Crippen molar-refractivity contribution in [3.05, 3.63) is 35.9 Å². The van der Waals surface area contributed by atoms with E-state index < -0.39 is 0 Å². The van der Waals surface area contributed by atoms with Gasteiger partial charge in [-0.1, -0.05) is 44.2 Å². The largest absolute Gasteiger partial charge is 0.324 e. The lowest BCUT2D eigenvalue weighted by Crippen LogP contribution is -2.30. The van der Waals surface area contributed by atoms with Crippen LogP contribution in [-0.4, -0.2) is 25.0 Å². The van der Waals surface area contributed by atoms with Gasteiger partial charge in [-0.3, -0.25) is 0 Å². The van der Waals surface area contributed by atoms with Crippen LogP contribution in [0.4, 0.5) is 0 Å². The molecule has 2 atom stereocenters. The standard InChI is InChI=1S/C13H22N2/c1-4-15(3)10-11(2)13(14)12-8-6-5-7-9-12/h5-9,11,13H,4,10,14H2,1-3H3. The Morgan fingerprint density at radius 3 is 2.40 bits per heavy atom. The van der Waals surface area contributed by atoms with Crippen molar-refractivity contribution in [3.63, 3.8) is 0 Å². The van der Waals surface area contributed by atoms with E-state index >= 15 is 0 Å². The highest BCUT2D eigenvalue weighted by Crippen LogP contribution is 2.19. The van der Waals surface area contributed by atoms with Gasteiger partial charge < -0.3 is 10.6 Å². The van der Waals surface area contributed by atoms with Crippen LogP contribution < -0.4 is 5.73 Å². The summed E-state index contributed by atoms with van der Waals surface area (Å²) < 4.78 is 0. The van der Waals surface area contributed by atoms with E-state index in [1.807, 2.05) is 18.2 Å². The summed E-state index contributed by atoms with van der Waals surface area (Å²) in [6, 6.07) is 10.5. The van der Waals surface area contributed by atoms with Crippen LogP contribution in [0.1, 0.15) is 25.5 Å². The Labute approximate surface area is 93.1 Å². The number of rotatable bonds is 5. The van der Waals surface area contributed by atoms with E-state index in [9.17, 15) is 0 Å². The number of benzene rings is 1. The van der Waals surface area contributed by atoms with E-state index in [2.05, 4.69) is 37.9 Å². The van der Waals surface area contributed by atoms with Gasteiger partial charge in [0.2, 0.25) is 0 Å². The first kappa shape index (κ1) is 12.2. The van der Waals surface area contributed by atoms with Crippen molar-refractivity contribution in [3.8, 4) is 0 Å². The molecular weight excluding hydrogens is 184 g/mol. The van der Waals surface area contributed by atoms with Gasteiger partial charge in [0, 0.05) is 12.6 Å². The topological polar surface area (TPSA) is 29.3 Å². The van der Waals surface area contributed by atoms with Crippen LogP contribution in [0.2, 0.25) is 0 Å². The van der Waals surface area contributed by atoms with Gasteiger partial charge in [-0.05, 0) is 25.1 Å². The van der Waals surface area contributed by atoms with Crippen molar-refractivity contribution >= 4 is 0 Å². The summed E-state index contributed by atoms with van der Waals surface area (Å²) >= 11 is 0. The second kappa shape index (κ2) is 5.89. The van der Waals surface area contributed by atoms with Crippen molar-refractivity contribution < 1.29 is 0 Å². The first-order valence-electron chi connectivity index (χ1n) is 5.64. The third-order valence-corrected chi connectivity index (χ3v) is 2.94. The lowest BCUT2D eigenvalue weighted by Gasteiger charge is -2.25. The molecule has 0 radical (unpaired) electrons. The van der Waals surface area contributed by atoms with Crippen molar-refractivity contribution in [1.29, 1.82) is 0 Å². The molecule has 0 fully saturated rings. The predicted octanol–water partition coefficient (Wildman–Crippen LogP) is 2.27. The van der Waals surface area contributed by atoms with Gasteiger partial charge in [-0.25, -0.2) is 0 Å². The van der Waals surface area contributed by atoms with Crippen molar-refractivity contribution in [1.82, 2.24) is 4.90 Å². The highest BCUT2D eigenvalue weighted by atomic mass is 15.1. The van der Waals surface area contributed by atoms with E-state index in [0.717, 1.165) is 13.1 Å². The van der Waals surface area contributed by atoms with E-state index in [4.69, 9.17) is 5.73 Å². The molecule has 0 aliphatic heterocycles. The summed E-state index contributed by atoms with van der Waals surface area (Å²) in [7, 11) is 2.13. The summed E-state index contributed by atoms with van der Waals surface area (Å²) in [4.78, 5) is 2.30. The molecule has 0 saturated heterocycles. The zero-order valence-electron chi connectivity index (χ0n) is 9.98. The maximum absolute atomic E-state index is 6.21. The molecule has 0 aromatic heterocycles. The lowest BCUT2D eigenvalue weighted by molar-refractivity contribution is 0.275. The third kappa shape index (κ3) is 3.65. The minimum atomic E-state index is 0.139. The van der Waals surface area contributed by atoms with Crippen LogP contribution in [0.3, 0.4) is 0 Å². The number of hydrogen-bond donors (Lipinski definition) is 1. The number of hydrogen-bond acceptors (Lipinski definition) is 2. The number of nitrogens with two attached hydrogens (primary N) is 1. The Morgan fingerprint density at radius 2 is 1.87 bits per heavy atom. The van der Waals surface area contributed by atoms with Gasteiger partial charge in [0.25, 0.3) is 0 Å². The molecule has 0 heterocycles. The summed E-state index contributed by atoms with van der Waals surface area (Å²) in [6.07, 6.45) is 0. The van der Waals surface area contributed by atoms with E-state index in [1.54, 1.807) is 0 Å². The molecule has 84 valence electrons. The Morgan fingerprint density at radius 1 is 1.27 bits per heavy atom. The van der Waals surface area contributed by atoms with Crippen LogP contribution in [0, 0.1) is 5.92 Å². The maximum Gasteiger partial charge on any atom is 0.0333 e. The number of nitrogens with zero attached hydrogens (tertiary/aromatic N) is 1. The molecule has 2 heteroatoms. The summed E-state index contributed by atoms with van der Waals surface area (Å²) in [5.74, 6) is 0.484. The molecule has 15 heavy (non-hydrogen) atoms. The fourth-order valence-electron chi connectivity index (χ4n) is 1.74. The van der Waals surface area contributed by atoms with Gasteiger partial charge in [-0.15, -0.1) is 0 Å². The molecule has 0 aliphatic rings. The Balaban J connectivity index is 2.57.